The van der Waals surface area contributed by atoms with Crippen molar-refractivity contribution in [3.63, 3.8) is 0 Å². The summed E-state index contributed by atoms with van der Waals surface area (Å²) in [7, 11) is 9.77. The number of hydrogen-bond acceptors (Lipinski definition) is 8. The maximum absolute atomic E-state index is 6.18. The first-order valence-electron chi connectivity index (χ1n) is 18.6. The van der Waals surface area contributed by atoms with E-state index in [1.807, 2.05) is 53.4 Å². The average Bonchev–Trinajstić information content (AvgIpc) is 3.23. The molecule has 0 atom stereocenters. The van der Waals surface area contributed by atoms with Gasteiger partial charge in [-0.05, 0) is 77.2 Å². The van der Waals surface area contributed by atoms with E-state index in [4.69, 9.17) is 15.7 Å². The molecule has 8 heteroatoms. The first kappa shape index (κ1) is 36.6. The van der Waals surface area contributed by atoms with Gasteiger partial charge in [-0.25, -0.2) is 9.97 Å². The van der Waals surface area contributed by atoms with Gasteiger partial charge in [0.05, 0.1) is 11.4 Å². The summed E-state index contributed by atoms with van der Waals surface area (Å²) in [5.41, 5.74) is 23.8. The van der Waals surface area contributed by atoms with E-state index >= 15 is 0 Å². The molecule has 6 aromatic rings. The van der Waals surface area contributed by atoms with Crippen molar-refractivity contribution in [1.29, 1.82) is 0 Å². The van der Waals surface area contributed by atoms with E-state index < -0.39 is 0 Å². The molecule has 5 aromatic carbocycles. The predicted octanol–water partition coefficient (Wildman–Crippen LogP) is 9.90. The quantitative estimate of drug-likeness (QED) is 0.0733. The van der Waals surface area contributed by atoms with E-state index in [-0.39, 0.29) is 0 Å². The van der Waals surface area contributed by atoms with Crippen molar-refractivity contribution >= 4 is 28.3 Å². The first-order valence-corrected chi connectivity index (χ1v) is 18.6. The summed E-state index contributed by atoms with van der Waals surface area (Å²) in [5, 5.41) is 16.6. The highest BCUT2D eigenvalue weighted by Gasteiger charge is 2.15. The van der Waals surface area contributed by atoms with E-state index in [1.54, 1.807) is 0 Å². The van der Waals surface area contributed by atoms with Gasteiger partial charge in [-0.3, -0.25) is 0 Å². The average molecular weight is 725 g/mol. The van der Waals surface area contributed by atoms with Crippen molar-refractivity contribution in [3.8, 4) is 56.2 Å². The molecule has 0 amide bonds. The summed E-state index contributed by atoms with van der Waals surface area (Å²) in [6.07, 6.45) is 8.21. The number of nitrogen functional groups attached to an aromatic ring is 1. The van der Waals surface area contributed by atoms with E-state index in [9.17, 15) is 0 Å². The molecule has 1 aliphatic rings. The Morgan fingerprint density at radius 1 is 0.491 bits per heavy atom. The van der Waals surface area contributed by atoms with Crippen LogP contribution < -0.4 is 32.3 Å². The van der Waals surface area contributed by atoms with Crippen LogP contribution in [0.2, 0.25) is 0 Å². The highest BCUT2D eigenvalue weighted by atomic mass is 14.9. The van der Waals surface area contributed by atoms with Gasteiger partial charge in [0.2, 0.25) is 0 Å². The van der Waals surface area contributed by atoms with Crippen LogP contribution in [0.25, 0.3) is 61.7 Å². The fourth-order valence-corrected chi connectivity index (χ4v) is 7.07. The van der Waals surface area contributed by atoms with Crippen LogP contribution in [0.1, 0.15) is 18.4 Å². The number of nitrogens with one attached hydrogen (secondary N) is 5. The Balaban J connectivity index is 1.29. The second kappa shape index (κ2) is 16.5. The van der Waals surface area contributed by atoms with Crippen molar-refractivity contribution in [2.24, 2.45) is 0 Å². The first-order chi connectivity index (χ1) is 26.9. The third-order valence-electron chi connectivity index (χ3n) is 10.2. The van der Waals surface area contributed by atoms with Crippen LogP contribution >= 0.6 is 0 Å². The van der Waals surface area contributed by atoms with Gasteiger partial charge in [0, 0.05) is 104 Å². The zero-order chi connectivity index (χ0) is 38.3. The molecule has 8 nitrogen and oxygen atoms in total. The lowest BCUT2D eigenvalue weighted by Crippen LogP contribution is -2.11. The Labute approximate surface area is 324 Å². The summed E-state index contributed by atoms with van der Waals surface area (Å²) in [6, 6.07) is 40.1. The molecule has 0 aliphatic heterocycles. The van der Waals surface area contributed by atoms with Crippen molar-refractivity contribution in [3.05, 3.63) is 150 Å². The van der Waals surface area contributed by atoms with Gasteiger partial charge in [0.1, 0.15) is 0 Å². The third kappa shape index (κ3) is 7.94. The smallest absolute Gasteiger partial charge is 0.160 e. The molecular weight excluding hydrogens is 677 g/mol. The lowest BCUT2D eigenvalue weighted by Gasteiger charge is -2.17. The van der Waals surface area contributed by atoms with Gasteiger partial charge in [-0.15, -0.1) is 0 Å². The molecule has 0 unspecified atom stereocenters. The molecule has 0 saturated carbocycles. The molecule has 276 valence electrons. The summed E-state index contributed by atoms with van der Waals surface area (Å²) in [5.74, 6) is 0.667. The molecule has 7 rings (SSSR count). The van der Waals surface area contributed by atoms with Crippen molar-refractivity contribution < 1.29 is 0 Å². The predicted molar refractivity (Wildman–Crippen MR) is 234 cm³/mol. The van der Waals surface area contributed by atoms with E-state index in [1.165, 1.54) is 16.8 Å². The van der Waals surface area contributed by atoms with Gasteiger partial charge < -0.3 is 32.3 Å². The summed E-state index contributed by atoms with van der Waals surface area (Å²) in [4.78, 5) is 10.3. The molecule has 0 spiro atoms. The Morgan fingerprint density at radius 2 is 1.04 bits per heavy atom. The molecule has 0 radical (unpaired) electrons. The second-order valence-electron chi connectivity index (χ2n) is 13.4. The summed E-state index contributed by atoms with van der Waals surface area (Å²) < 4.78 is 0. The zero-order valence-electron chi connectivity index (χ0n) is 32.1. The number of likely N-dealkylation sites (N-methyl/N-ethyl adjacent to an activating group) is 1. The van der Waals surface area contributed by atoms with E-state index in [0.717, 1.165) is 91.6 Å². The number of anilines is 4. The lowest BCUT2D eigenvalue weighted by molar-refractivity contribution is 0.923. The van der Waals surface area contributed by atoms with Crippen LogP contribution in [0.3, 0.4) is 0 Å². The summed E-state index contributed by atoms with van der Waals surface area (Å²) in [6.45, 7) is 0. The number of benzene rings is 5. The monoisotopic (exact) mass is 724 g/mol. The van der Waals surface area contributed by atoms with Crippen LogP contribution in [0.4, 0.5) is 22.7 Å². The number of hydrogen-bond donors (Lipinski definition) is 6. The van der Waals surface area contributed by atoms with Gasteiger partial charge in [-0.1, -0.05) is 84.9 Å². The molecule has 0 saturated heterocycles. The topological polar surface area (TPSA) is 112 Å². The van der Waals surface area contributed by atoms with Crippen molar-refractivity contribution in [2.75, 3.05) is 56.9 Å². The standard InChI is InChI=1S/C47H48N8/c1-49-37-7-6-8-42(51-3)39(24-22-37)30-13-19-35(20-14-30)47-54-45(33-15-9-31(10-16-33)40-27-36(48)21-25-43(40)52-4)29-46(55-47)34-17-11-32(12-18-34)41-28-38(50-2)23-26-44(41)53-5/h6-7,9-23,25-29,49-53H,8,24,48H2,1-5H3/b7-6-,37-22+,42-39-. The SMILES string of the molecule is CN/C1=C(\c2ccc(-c3nc(-c4ccc(-c5cc(N)ccc5NC)cc4)cc(-c4ccc(-c5cc(NC)ccc5NC)cc4)n3)cc2)C/C=C(NC)\C=C/C1. The molecule has 1 aliphatic carbocycles. The molecule has 0 fully saturated rings. The lowest BCUT2D eigenvalue weighted by atomic mass is 9.95. The number of rotatable bonds is 11. The number of allylic oxidation sites excluding steroid dienone is 4. The molecule has 1 heterocycles. The van der Waals surface area contributed by atoms with E-state index in [2.05, 4.69) is 142 Å². The molecule has 7 N–H and O–H groups in total. The van der Waals surface area contributed by atoms with Crippen molar-refractivity contribution in [2.45, 2.75) is 12.8 Å². The van der Waals surface area contributed by atoms with Crippen LogP contribution in [0.15, 0.2) is 145 Å². The maximum atomic E-state index is 6.18. The fourth-order valence-electron chi connectivity index (χ4n) is 7.07. The Hall–Kier alpha value is -6.80. The Bertz CT molecular complexity index is 2390. The van der Waals surface area contributed by atoms with Gasteiger partial charge >= 0.3 is 0 Å². The van der Waals surface area contributed by atoms with Crippen LogP contribution in [-0.4, -0.2) is 45.2 Å². The normalized spacial score (nSPS) is 15.5. The Morgan fingerprint density at radius 3 is 1.60 bits per heavy atom. The van der Waals surface area contributed by atoms with Crippen LogP contribution in [-0.2, 0) is 0 Å². The van der Waals surface area contributed by atoms with Crippen molar-refractivity contribution in [1.82, 2.24) is 20.6 Å². The number of nitrogens with zero attached hydrogens (tertiary/aromatic N) is 2. The minimum atomic E-state index is 0.667. The molecule has 1 aromatic heterocycles. The minimum Gasteiger partial charge on any atom is -0.399 e. The molecule has 0 bridgehead atoms. The fraction of sp³-hybridized carbons (Fsp3) is 0.149. The minimum absolute atomic E-state index is 0.667. The third-order valence-corrected chi connectivity index (χ3v) is 10.2. The summed E-state index contributed by atoms with van der Waals surface area (Å²) >= 11 is 0. The van der Waals surface area contributed by atoms with Gasteiger partial charge in [-0.2, -0.15) is 0 Å². The molecular formula is C47H48N8. The number of nitrogens with two attached hydrogens (primary N) is 1. The second-order valence-corrected chi connectivity index (χ2v) is 13.4. The highest BCUT2D eigenvalue weighted by molar-refractivity contribution is 5.84. The van der Waals surface area contributed by atoms with Crippen LogP contribution in [0, 0.1) is 0 Å². The van der Waals surface area contributed by atoms with E-state index in [0.29, 0.717) is 5.82 Å². The maximum Gasteiger partial charge on any atom is 0.160 e. The highest BCUT2D eigenvalue weighted by Crippen LogP contribution is 2.36. The Kier molecular flexibility index (Phi) is 10.9. The van der Waals surface area contributed by atoms with Gasteiger partial charge in [0.15, 0.2) is 5.82 Å². The molecule has 55 heavy (non-hydrogen) atoms. The van der Waals surface area contributed by atoms with Gasteiger partial charge in [0.25, 0.3) is 0 Å². The number of aromatic nitrogens is 2. The van der Waals surface area contributed by atoms with Crippen LogP contribution in [0.5, 0.6) is 0 Å². The largest absolute Gasteiger partial charge is 0.399 e. The zero-order valence-corrected chi connectivity index (χ0v) is 32.1.